The number of amides is 1. The Balaban J connectivity index is 1.48. The van der Waals surface area contributed by atoms with Gasteiger partial charge in [0.2, 0.25) is 11.8 Å². The first-order chi connectivity index (χ1) is 14.2. The number of aryl methyl sites for hydroxylation is 1. The van der Waals surface area contributed by atoms with Gasteiger partial charge in [0.05, 0.1) is 37.9 Å². The largest absolute Gasteiger partial charge is 0.496 e. The second kappa shape index (κ2) is 8.49. The van der Waals surface area contributed by atoms with Crippen molar-refractivity contribution < 1.29 is 18.7 Å². The maximum Gasteiger partial charge on any atom is 0.230 e. The molecule has 6 heteroatoms. The smallest absolute Gasteiger partial charge is 0.230 e. The molecule has 29 heavy (non-hydrogen) atoms. The number of carbonyl (C=O) groups excluding carboxylic acids is 1. The molecular weight excluding hydrogens is 368 g/mol. The van der Waals surface area contributed by atoms with Crippen molar-refractivity contribution in [3.63, 3.8) is 0 Å². The lowest BCUT2D eigenvalue weighted by atomic mass is 10.1. The number of aromatic nitrogens is 1. The molecule has 150 valence electrons. The van der Waals surface area contributed by atoms with Gasteiger partial charge < -0.3 is 18.8 Å². The molecule has 2 aromatic carbocycles. The first-order valence-electron chi connectivity index (χ1n) is 9.69. The summed E-state index contributed by atoms with van der Waals surface area (Å²) in [7, 11) is 1.61. The molecule has 1 aromatic heterocycles. The van der Waals surface area contributed by atoms with E-state index < -0.39 is 0 Å². The first kappa shape index (κ1) is 19.2. The Morgan fingerprint density at radius 3 is 2.72 bits per heavy atom. The fourth-order valence-corrected chi connectivity index (χ4v) is 3.53. The zero-order chi connectivity index (χ0) is 20.2. The second-order valence-corrected chi connectivity index (χ2v) is 7.01. The predicted octanol–water partition coefficient (Wildman–Crippen LogP) is 3.80. The number of hydrogen-bond donors (Lipinski definition) is 0. The molecule has 0 saturated carbocycles. The minimum absolute atomic E-state index is 0.0252. The molecule has 1 atom stereocenters. The van der Waals surface area contributed by atoms with Gasteiger partial charge in [-0.25, -0.2) is 4.98 Å². The first-order valence-corrected chi connectivity index (χ1v) is 9.69. The summed E-state index contributed by atoms with van der Waals surface area (Å²) in [5.41, 5.74) is 2.51. The monoisotopic (exact) mass is 392 g/mol. The van der Waals surface area contributed by atoms with Crippen molar-refractivity contribution in [1.29, 1.82) is 0 Å². The number of nitrogens with zero attached hydrogens (tertiary/aromatic N) is 2. The minimum Gasteiger partial charge on any atom is -0.496 e. The molecule has 1 saturated heterocycles. The van der Waals surface area contributed by atoms with E-state index in [2.05, 4.69) is 4.98 Å². The Bertz CT molecular complexity index is 984. The average Bonchev–Trinajstić information content (AvgIpc) is 3.14. The summed E-state index contributed by atoms with van der Waals surface area (Å²) in [5, 5.41) is 0. The number of oxazole rings is 1. The van der Waals surface area contributed by atoms with Crippen molar-refractivity contribution in [3.8, 4) is 17.2 Å². The molecule has 3 aromatic rings. The normalized spacial score (nSPS) is 16.6. The van der Waals surface area contributed by atoms with Crippen LogP contribution in [0.15, 0.2) is 59.0 Å². The van der Waals surface area contributed by atoms with Gasteiger partial charge >= 0.3 is 0 Å². The molecule has 0 radical (unpaired) electrons. The fourth-order valence-electron chi connectivity index (χ4n) is 3.53. The van der Waals surface area contributed by atoms with Gasteiger partial charge in [-0.1, -0.05) is 42.5 Å². The van der Waals surface area contributed by atoms with E-state index in [1.807, 2.05) is 66.4 Å². The van der Waals surface area contributed by atoms with E-state index in [-0.39, 0.29) is 18.4 Å². The van der Waals surface area contributed by atoms with E-state index in [0.29, 0.717) is 42.8 Å². The summed E-state index contributed by atoms with van der Waals surface area (Å²) >= 11 is 0. The summed E-state index contributed by atoms with van der Waals surface area (Å²) in [6.07, 6.45) is 0.0999. The maximum atomic E-state index is 12.9. The zero-order valence-corrected chi connectivity index (χ0v) is 16.6. The van der Waals surface area contributed by atoms with Crippen molar-refractivity contribution in [2.45, 2.75) is 19.4 Å². The fraction of sp³-hybridized carbons (Fsp3) is 0.304. The van der Waals surface area contributed by atoms with Crippen molar-refractivity contribution >= 4 is 5.91 Å². The van der Waals surface area contributed by atoms with Gasteiger partial charge in [0.25, 0.3) is 0 Å². The number of methoxy groups -OCH3 is 1. The van der Waals surface area contributed by atoms with Crippen LogP contribution in [0, 0.1) is 6.92 Å². The van der Waals surface area contributed by atoms with Gasteiger partial charge in [0, 0.05) is 6.54 Å². The lowest BCUT2D eigenvalue weighted by molar-refractivity contribution is -0.138. The third-order valence-corrected chi connectivity index (χ3v) is 5.14. The molecule has 0 aliphatic carbocycles. The van der Waals surface area contributed by atoms with Crippen molar-refractivity contribution in [3.05, 3.63) is 71.6 Å². The van der Waals surface area contributed by atoms with Crippen LogP contribution < -0.4 is 4.74 Å². The number of carbonyl (C=O) groups is 1. The molecule has 2 heterocycles. The van der Waals surface area contributed by atoms with Gasteiger partial charge in [0.1, 0.15) is 17.6 Å². The van der Waals surface area contributed by atoms with Crippen molar-refractivity contribution in [2.75, 3.05) is 26.8 Å². The van der Waals surface area contributed by atoms with Crippen LogP contribution in [0.1, 0.15) is 23.1 Å². The summed E-state index contributed by atoms with van der Waals surface area (Å²) in [4.78, 5) is 19.4. The topological polar surface area (TPSA) is 64.8 Å². The van der Waals surface area contributed by atoms with E-state index in [4.69, 9.17) is 13.9 Å². The Morgan fingerprint density at radius 2 is 1.93 bits per heavy atom. The molecular formula is C23H24N2O4. The quantitative estimate of drug-likeness (QED) is 0.661. The van der Waals surface area contributed by atoms with Crippen molar-refractivity contribution in [2.24, 2.45) is 0 Å². The summed E-state index contributed by atoms with van der Waals surface area (Å²) in [6, 6.07) is 17.5. The van der Waals surface area contributed by atoms with E-state index >= 15 is 0 Å². The standard InChI is InChI=1S/C23H24N2O4/c1-16-19(24-23(29-16)18-10-6-7-11-20(18)27-2)14-22(26)25-12-13-28-21(15-25)17-8-4-3-5-9-17/h3-11,21H,12-15H2,1-2H3. The Labute approximate surface area is 170 Å². The van der Waals surface area contributed by atoms with Crippen LogP contribution >= 0.6 is 0 Å². The van der Waals surface area contributed by atoms with Crippen molar-refractivity contribution in [1.82, 2.24) is 9.88 Å². The zero-order valence-electron chi connectivity index (χ0n) is 16.6. The van der Waals surface area contributed by atoms with Crippen LogP contribution in [0.25, 0.3) is 11.5 Å². The second-order valence-electron chi connectivity index (χ2n) is 7.01. The molecule has 1 aliphatic heterocycles. The molecule has 1 amide bonds. The minimum atomic E-state index is -0.101. The Kier molecular flexibility index (Phi) is 5.62. The van der Waals surface area contributed by atoms with Gasteiger partial charge in [-0.05, 0) is 24.6 Å². The molecule has 1 unspecified atom stereocenters. The lowest BCUT2D eigenvalue weighted by Crippen LogP contribution is -2.43. The average molecular weight is 392 g/mol. The van der Waals surface area contributed by atoms with Crippen LogP contribution in [0.5, 0.6) is 5.75 Å². The highest BCUT2D eigenvalue weighted by Crippen LogP contribution is 2.30. The molecule has 0 spiro atoms. The van der Waals surface area contributed by atoms with Crippen LogP contribution in [0.2, 0.25) is 0 Å². The number of hydrogen-bond acceptors (Lipinski definition) is 5. The molecule has 0 bridgehead atoms. The highest BCUT2D eigenvalue weighted by molar-refractivity contribution is 5.79. The van der Waals surface area contributed by atoms with Gasteiger partial charge in [-0.3, -0.25) is 4.79 Å². The summed E-state index contributed by atoms with van der Waals surface area (Å²) in [5.74, 6) is 1.82. The number of para-hydroxylation sites is 1. The number of benzene rings is 2. The number of ether oxygens (including phenoxy) is 2. The van der Waals surface area contributed by atoms with Crippen LogP contribution in [-0.4, -0.2) is 42.6 Å². The molecule has 4 rings (SSSR count). The van der Waals surface area contributed by atoms with E-state index in [1.54, 1.807) is 7.11 Å². The third kappa shape index (κ3) is 4.17. The van der Waals surface area contributed by atoms with Gasteiger partial charge in [0.15, 0.2) is 0 Å². The highest BCUT2D eigenvalue weighted by atomic mass is 16.5. The van der Waals surface area contributed by atoms with Crippen LogP contribution in [-0.2, 0) is 16.0 Å². The summed E-state index contributed by atoms with van der Waals surface area (Å²) in [6.45, 7) is 3.48. The molecule has 1 fully saturated rings. The predicted molar refractivity (Wildman–Crippen MR) is 109 cm³/mol. The van der Waals surface area contributed by atoms with Crippen LogP contribution in [0.4, 0.5) is 0 Å². The van der Waals surface area contributed by atoms with Crippen LogP contribution in [0.3, 0.4) is 0 Å². The Hall–Kier alpha value is -3.12. The van der Waals surface area contributed by atoms with E-state index in [9.17, 15) is 4.79 Å². The van der Waals surface area contributed by atoms with Gasteiger partial charge in [-0.2, -0.15) is 0 Å². The SMILES string of the molecule is COc1ccccc1-c1nc(CC(=O)N2CCOC(c3ccccc3)C2)c(C)o1. The van der Waals surface area contributed by atoms with E-state index in [1.165, 1.54) is 0 Å². The highest BCUT2D eigenvalue weighted by Gasteiger charge is 2.27. The Morgan fingerprint density at radius 1 is 1.17 bits per heavy atom. The van der Waals surface area contributed by atoms with E-state index in [0.717, 1.165) is 11.1 Å². The maximum absolute atomic E-state index is 12.9. The number of rotatable bonds is 5. The molecule has 1 aliphatic rings. The number of morpholine rings is 1. The van der Waals surface area contributed by atoms with Gasteiger partial charge in [-0.15, -0.1) is 0 Å². The third-order valence-electron chi connectivity index (χ3n) is 5.14. The molecule has 0 N–H and O–H groups in total. The molecule has 6 nitrogen and oxygen atoms in total. The summed E-state index contributed by atoms with van der Waals surface area (Å²) < 4.78 is 17.1. The lowest BCUT2D eigenvalue weighted by Gasteiger charge is -2.33.